The predicted octanol–water partition coefficient (Wildman–Crippen LogP) is 2.27. The Kier molecular flexibility index (Phi) is 3.82. The Morgan fingerprint density at radius 3 is 3.08 bits per heavy atom. The lowest BCUT2D eigenvalue weighted by atomic mass is 10.3. The molecular formula is C10H12O3. The van der Waals surface area contributed by atoms with Crippen molar-refractivity contribution in [2.75, 3.05) is 0 Å². The molecule has 0 fully saturated rings. The fourth-order valence-corrected chi connectivity index (χ4v) is 0.815. The molecule has 0 aromatic carbocycles. The van der Waals surface area contributed by atoms with Gasteiger partial charge in [0, 0.05) is 12.5 Å². The summed E-state index contributed by atoms with van der Waals surface area (Å²) in [7, 11) is 0. The van der Waals surface area contributed by atoms with E-state index in [0.29, 0.717) is 6.42 Å². The van der Waals surface area contributed by atoms with Gasteiger partial charge in [-0.15, -0.1) is 0 Å². The molecule has 1 rings (SSSR count). The van der Waals surface area contributed by atoms with Crippen LogP contribution in [0.3, 0.4) is 0 Å². The van der Waals surface area contributed by atoms with Gasteiger partial charge in [-0.1, -0.05) is 19.1 Å². The van der Waals surface area contributed by atoms with Crippen LogP contribution in [0.15, 0.2) is 36.5 Å². The maximum absolute atomic E-state index is 11.0. The van der Waals surface area contributed by atoms with Crippen LogP contribution in [0.4, 0.5) is 0 Å². The van der Waals surface area contributed by atoms with Gasteiger partial charge in [-0.05, 0) is 12.5 Å². The summed E-state index contributed by atoms with van der Waals surface area (Å²) in [4.78, 5) is 11.0. The fourth-order valence-electron chi connectivity index (χ4n) is 0.815. The molecule has 0 saturated heterocycles. The summed E-state index contributed by atoms with van der Waals surface area (Å²) in [6.07, 6.45) is 9.52. The monoisotopic (exact) mass is 180 g/mol. The van der Waals surface area contributed by atoms with Crippen LogP contribution in [0, 0.1) is 0 Å². The van der Waals surface area contributed by atoms with E-state index in [1.165, 1.54) is 6.26 Å². The van der Waals surface area contributed by atoms with Crippen LogP contribution in [0.25, 0.3) is 0 Å². The van der Waals surface area contributed by atoms with E-state index >= 15 is 0 Å². The quantitative estimate of drug-likeness (QED) is 0.625. The molecule has 0 spiro atoms. The lowest BCUT2D eigenvalue weighted by Gasteiger charge is -2.04. The zero-order valence-electron chi connectivity index (χ0n) is 7.53. The van der Waals surface area contributed by atoms with Crippen molar-refractivity contribution in [2.24, 2.45) is 0 Å². The summed E-state index contributed by atoms with van der Waals surface area (Å²) in [5.74, 6) is -0.0408. The molecular weight excluding hydrogens is 168 g/mol. The number of hydrogen-bond acceptors (Lipinski definition) is 3. The van der Waals surface area contributed by atoms with Gasteiger partial charge in [-0.25, -0.2) is 0 Å². The van der Waals surface area contributed by atoms with Crippen LogP contribution in [0.5, 0.6) is 0 Å². The lowest BCUT2D eigenvalue weighted by Crippen LogP contribution is -2.04. The number of esters is 1. The first kappa shape index (κ1) is 9.58. The van der Waals surface area contributed by atoms with Gasteiger partial charge < -0.3 is 9.47 Å². The minimum absolute atomic E-state index is 0.225. The highest BCUT2D eigenvalue weighted by Crippen LogP contribution is 2.06. The van der Waals surface area contributed by atoms with E-state index in [1.54, 1.807) is 24.3 Å². The lowest BCUT2D eigenvalue weighted by molar-refractivity contribution is -0.143. The van der Waals surface area contributed by atoms with Crippen molar-refractivity contribution < 1.29 is 14.3 Å². The number of carbonyl (C=O) groups excluding carboxylic acids is 1. The Morgan fingerprint density at radius 2 is 2.31 bits per heavy atom. The third-order valence-corrected chi connectivity index (χ3v) is 1.39. The standard InChI is InChI=1S/C10H12O3/c1-2-6-9(11)13-10-7-4-3-5-8-12-10/h3-5,7-8H,2,6H2,1H3. The van der Waals surface area contributed by atoms with Crippen LogP contribution in [-0.4, -0.2) is 5.97 Å². The fraction of sp³-hybridized carbons (Fsp3) is 0.300. The summed E-state index contributed by atoms with van der Waals surface area (Å²) in [6, 6.07) is 0. The number of rotatable bonds is 3. The average Bonchev–Trinajstić information content (AvgIpc) is 2.33. The number of carbonyl (C=O) groups is 1. The second kappa shape index (κ2) is 5.19. The molecule has 3 heteroatoms. The van der Waals surface area contributed by atoms with Crippen LogP contribution >= 0.6 is 0 Å². The Morgan fingerprint density at radius 1 is 1.46 bits per heavy atom. The van der Waals surface area contributed by atoms with Crippen LogP contribution in [0.2, 0.25) is 0 Å². The second-order valence-electron chi connectivity index (χ2n) is 2.54. The molecule has 0 radical (unpaired) electrons. The molecule has 70 valence electrons. The minimum atomic E-state index is -0.266. The van der Waals surface area contributed by atoms with E-state index in [2.05, 4.69) is 0 Å². The average molecular weight is 180 g/mol. The smallest absolute Gasteiger partial charge is 0.313 e. The van der Waals surface area contributed by atoms with Crippen molar-refractivity contribution in [3.05, 3.63) is 36.5 Å². The van der Waals surface area contributed by atoms with Crippen molar-refractivity contribution >= 4 is 5.97 Å². The minimum Gasteiger partial charge on any atom is -0.434 e. The molecule has 0 N–H and O–H groups in total. The highest BCUT2D eigenvalue weighted by Gasteiger charge is 2.05. The van der Waals surface area contributed by atoms with Gasteiger partial charge >= 0.3 is 5.97 Å². The highest BCUT2D eigenvalue weighted by atomic mass is 16.7. The van der Waals surface area contributed by atoms with E-state index in [9.17, 15) is 4.79 Å². The van der Waals surface area contributed by atoms with E-state index in [0.717, 1.165) is 6.42 Å². The van der Waals surface area contributed by atoms with Crippen molar-refractivity contribution in [1.29, 1.82) is 0 Å². The molecule has 0 bridgehead atoms. The highest BCUT2D eigenvalue weighted by molar-refractivity contribution is 5.70. The van der Waals surface area contributed by atoms with Gasteiger partial charge in [0.1, 0.15) is 0 Å². The van der Waals surface area contributed by atoms with Crippen molar-refractivity contribution in [3.8, 4) is 0 Å². The van der Waals surface area contributed by atoms with Gasteiger partial charge in [-0.3, -0.25) is 4.79 Å². The maximum atomic E-state index is 11.0. The number of ether oxygens (including phenoxy) is 2. The summed E-state index contributed by atoms with van der Waals surface area (Å²) >= 11 is 0. The van der Waals surface area contributed by atoms with Gasteiger partial charge in [0.15, 0.2) is 0 Å². The van der Waals surface area contributed by atoms with E-state index in [4.69, 9.17) is 9.47 Å². The molecule has 1 heterocycles. The molecule has 0 unspecified atom stereocenters. The van der Waals surface area contributed by atoms with Gasteiger partial charge in [0.25, 0.3) is 5.95 Å². The van der Waals surface area contributed by atoms with Crippen molar-refractivity contribution in [1.82, 2.24) is 0 Å². The van der Waals surface area contributed by atoms with Crippen LogP contribution in [0.1, 0.15) is 19.8 Å². The molecule has 1 aliphatic heterocycles. The first-order valence-electron chi connectivity index (χ1n) is 4.23. The number of allylic oxidation sites excluding steroid dienone is 4. The van der Waals surface area contributed by atoms with Crippen molar-refractivity contribution in [2.45, 2.75) is 19.8 Å². The van der Waals surface area contributed by atoms with Gasteiger partial charge in [0.05, 0.1) is 6.26 Å². The predicted molar refractivity (Wildman–Crippen MR) is 48.4 cm³/mol. The molecule has 0 saturated carbocycles. The van der Waals surface area contributed by atoms with E-state index in [1.807, 2.05) is 6.92 Å². The van der Waals surface area contributed by atoms with Gasteiger partial charge in [0.2, 0.25) is 0 Å². The first-order chi connectivity index (χ1) is 6.33. The maximum Gasteiger partial charge on any atom is 0.313 e. The summed E-state index contributed by atoms with van der Waals surface area (Å²) in [5.41, 5.74) is 0. The molecule has 0 aromatic heterocycles. The zero-order chi connectivity index (χ0) is 9.52. The summed E-state index contributed by atoms with van der Waals surface area (Å²) in [6.45, 7) is 1.92. The van der Waals surface area contributed by atoms with Crippen LogP contribution in [-0.2, 0) is 14.3 Å². The summed E-state index contributed by atoms with van der Waals surface area (Å²) in [5, 5.41) is 0. The molecule has 1 aliphatic rings. The SMILES string of the molecule is CCCC(=O)OC1=CC=CC=CO1. The normalized spacial score (nSPS) is 14.4. The third kappa shape index (κ3) is 3.60. The Bertz CT molecular complexity index is 261. The largest absolute Gasteiger partial charge is 0.434 e. The number of hydrogen-bond donors (Lipinski definition) is 0. The molecule has 13 heavy (non-hydrogen) atoms. The second-order valence-corrected chi connectivity index (χ2v) is 2.54. The molecule has 0 amide bonds. The Balaban J connectivity index is 2.44. The third-order valence-electron chi connectivity index (χ3n) is 1.39. The van der Waals surface area contributed by atoms with E-state index < -0.39 is 0 Å². The topological polar surface area (TPSA) is 35.5 Å². The molecule has 0 atom stereocenters. The van der Waals surface area contributed by atoms with Crippen LogP contribution < -0.4 is 0 Å². The van der Waals surface area contributed by atoms with Crippen molar-refractivity contribution in [3.63, 3.8) is 0 Å². The molecule has 3 nitrogen and oxygen atoms in total. The zero-order valence-corrected chi connectivity index (χ0v) is 7.53. The Hall–Kier alpha value is -1.51. The van der Waals surface area contributed by atoms with Gasteiger partial charge in [-0.2, -0.15) is 0 Å². The van der Waals surface area contributed by atoms with E-state index in [-0.39, 0.29) is 11.9 Å². The molecule has 0 aromatic rings. The first-order valence-corrected chi connectivity index (χ1v) is 4.23. The summed E-state index contributed by atoms with van der Waals surface area (Å²) < 4.78 is 9.90. The molecule has 0 aliphatic carbocycles. The Labute approximate surface area is 77.3 Å².